The largest absolute Gasteiger partial charge is 0.358 e. The fraction of sp³-hybridized carbons (Fsp3) is 0.350. The molecule has 0 aliphatic rings. The number of nitrogens with zero attached hydrogens (tertiary/aromatic N) is 4. The molecule has 2 N–H and O–H groups in total. The molecule has 0 bridgehead atoms. The van der Waals surface area contributed by atoms with Gasteiger partial charge in [-0.3, -0.25) is 9.36 Å². The summed E-state index contributed by atoms with van der Waals surface area (Å²) < 4.78 is 3.85. The number of hydrogen-bond donors (Lipinski definition) is 2. The molecule has 2 heterocycles. The zero-order chi connectivity index (χ0) is 21.1. The van der Waals surface area contributed by atoms with Crippen molar-refractivity contribution in [1.82, 2.24) is 24.9 Å². The number of aryl methyl sites for hydroxylation is 3. The van der Waals surface area contributed by atoms with Crippen LogP contribution in [0.1, 0.15) is 35.1 Å². The molecule has 0 atom stereocenters. The van der Waals surface area contributed by atoms with Crippen LogP contribution in [0.15, 0.2) is 24.4 Å². The maximum Gasteiger partial charge on any atom is 0.171 e. The lowest BCUT2D eigenvalue weighted by atomic mass is 10.2. The van der Waals surface area contributed by atoms with Gasteiger partial charge in [0, 0.05) is 24.8 Å². The first-order valence-corrected chi connectivity index (χ1v) is 10.5. The van der Waals surface area contributed by atoms with E-state index < -0.39 is 0 Å². The Morgan fingerprint density at radius 3 is 2.52 bits per heavy atom. The summed E-state index contributed by atoms with van der Waals surface area (Å²) in [7, 11) is 0. The topological polar surface area (TPSA) is 59.7 Å². The second-order valence-corrected chi connectivity index (χ2v) is 8.08. The summed E-state index contributed by atoms with van der Waals surface area (Å²) in [5.41, 5.74) is 5.93. The summed E-state index contributed by atoms with van der Waals surface area (Å²) in [4.78, 5) is 0. The monoisotopic (exact) mass is 450 g/mol. The van der Waals surface area contributed by atoms with E-state index in [-0.39, 0.29) is 0 Å². The molecule has 0 unspecified atom stereocenters. The summed E-state index contributed by atoms with van der Waals surface area (Å²) in [6, 6.07) is 5.60. The molecule has 0 amide bonds. The number of nitrogens with one attached hydrogen (secondary N) is 2. The van der Waals surface area contributed by atoms with E-state index in [0.717, 1.165) is 40.4 Å². The van der Waals surface area contributed by atoms with Crippen LogP contribution in [0.4, 0.5) is 5.69 Å². The van der Waals surface area contributed by atoms with Crippen LogP contribution >= 0.6 is 35.4 Å². The minimum atomic E-state index is 0.538. The molecule has 0 aliphatic carbocycles. The SMILES string of the molecule is CCn1cc(CNC(=S)Nc2c(C)nn(Cc3ccc(Cl)c(Cl)c3)c2C)c(C)n1. The van der Waals surface area contributed by atoms with E-state index in [0.29, 0.717) is 28.2 Å². The minimum Gasteiger partial charge on any atom is -0.358 e. The van der Waals surface area contributed by atoms with Gasteiger partial charge in [-0.2, -0.15) is 10.2 Å². The molecule has 0 spiro atoms. The van der Waals surface area contributed by atoms with E-state index in [1.54, 1.807) is 6.07 Å². The van der Waals surface area contributed by atoms with E-state index >= 15 is 0 Å². The highest BCUT2D eigenvalue weighted by Crippen LogP contribution is 2.25. The van der Waals surface area contributed by atoms with Crippen molar-refractivity contribution in [2.24, 2.45) is 0 Å². The molecular formula is C20H24Cl2N6S. The van der Waals surface area contributed by atoms with Gasteiger partial charge < -0.3 is 10.6 Å². The molecule has 0 aliphatic heterocycles. The molecule has 0 radical (unpaired) electrons. The van der Waals surface area contributed by atoms with Crippen LogP contribution < -0.4 is 10.6 Å². The molecule has 3 aromatic rings. The molecule has 2 aromatic heterocycles. The van der Waals surface area contributed by atoms with Gasteiger partial charge in [-0.15, -0.1) is 0 Å². The Bertz CT molecular complexity index is 1040. The van der Waals surface area contributed by atoms with E-state index in [1.165, 1.54) is 0 Å². The van der Waals surface area contributed by atoms with Gasteiger partial charge in [0.1, 0.15) is 0 Å². The van der Waals surface area contributed by atoms with Crippen LogP contribution in [-0.2, 0) is 19.6 Å². The number of halogens is 2. The van der Waals surface area contributed by atoms with Crippen LogP contribution in [0.25, 0.3) is 0 Å². The molecule has 0 saturated carbocycles. The second-order valence-electron chi connectivity index (χ2n) is 6.86. The first kappa shape index (κ1) is 21.6. The number of anilines is 1. The standard InChI is InChI=1S/C20H24Cl2N6S/c1-5-27-11-16(12(2)25-27)9-23-20(29)24-19-13(3)26-28(14(19)4)10-15-6-7-17(21)18(22)8-15/h6-8,11H,5,9-10H2,1-4H3,(H2,23,24,29). The van der Waals surface area contributed by atoms with Gasteiger partial charge in [0.25, 0.3) is 0 Å². The summed E-state index contributed by atoms with van der Waals surface area (Å²) in [5, 5.41) is 17.3. The molecule has 1 aromatic carbocycles. The van der Waals surface area contributed by atoms with Crippen molar-refractivity contribution in [3.63, 3.8) is 0 Å². The van der Waals surface area contributed by atoms with Gasteiger partial charge in [0.15, 0.2) is 5.11 Å². The predicted molar refractivity (Wildman–Crippen MR) is 123 cm³/mol. The average Bonchev–Trinajstić information content (AvgIpc) is 3.17. The fourth-order valence-electron chi connectivity index (χ4n) is 3.07. The highest BCUT2D eigenvalue weighted by molar-refractivity contribution is 7.80. The predicted octanol–water partition coefficient (Wildman–Crippen LogP) is 4.87. The Labute approximate surface area is 186 Å². The van der Waals surface area contributed by atoms with Crippen LogP contribution in [0.3, 0.4) is 0 Å². The Morgan fingerprint density at radius 2 is 1.86 bits per heavy atom. The quantitative estimate of drug-likeness (QED) is 0.524. The van der Waals surface area contributed by atoms with Gasteiger partial charge in [-0.25, -0.2) is 0 Å². The molecule has 6 nitrogen and oxygen atoms in total. The van der Waals surface area contributed by atoms with Crippen molar-refractivity contribution in [1.29, 1.82) is 0 Å². The first-order valence-electron chi connectivity index (χ1n) is 9.34. The van der Waals surface area contributed by atoms with Crippen LogP contribution in [-0.4, -0.2) is 24.7 Å². The lowest BCUT2D eigenvalue weighted by molar-refractivity contribution is 0.653. The van der Waals surface area contributed by atoms with Gasteiger partial charge in [0.2, 0.25) is 0 Å². The first-order chi connectivity index (χ1) is 13.8. The normalized spacial score (nSPS) is 11.0. The van der Waals surface area contributed by atoms with Gasteiger partial charge in [0.05, 0.1) is 39.4 Å². The van der Waals surface area contributed by atoms with Crippen LogP contribution in [0, 0.1) is 20.8 Å². The lowest BCUT2D eigenvalue weighted by Gasteiger charge is -2.11. The number of aromatic nitrogens is 4. The third kappa shape index (κ3) is 5.10. The highest BCUT2D eigenvalue weighted by atomic mass is 35.5. The second kappa shape index (κ2) is 9.15. The summed E-state index contributed by atoms with van der Waals surface area (Å²) in [6.07, 6.45) is 2.04. The van der Waals surface area contributed by atoms with Crippen LogP contribution in [0.5, 0.6) is 0 Å². The maximum absolute atomic E-state index is 6.13. The van der Waals surface area contributed by atoms with E-state index in [4.69, 9.17) is 35.4 Å². The Kier molecular flexibility index (Phi) is 6.82. The third-order valence-electron chi connectivity index (χ3n) is 4.75. The Balaban J connectivity index is 1.66. The molecule has 0 fully saturated rings. The average molecular weight is 451 g/mol. The minimum absolute atomic E-state index is 0.538. The number of thiocarbonyl (C=S) groups is 1. The molecule has 154 valence electrons. The summed E-state index contributed by atoms with van der Waals surface area (Å²) in [6.45, 7) is 10.1. The van der Waals surface area contributed by atoms with Crippen molar-refractivity contribution < 1.29 is 0 Å². The Morgan fingerprint density at radius 1 is 1.10 bits per heavy atom. The van der Waals surface area contributed by atoms with Gasteiger partial charge >= 0.3 is 0 Å². The molecule has 9 heteroatoms. The molecule has 0 saturated heterocycles. The van der Waals surface area contributed by atoms with E-state index in [9.17, 15) is 0 Å². The number of hydrogen-bond acceptors (Lipinski definition) is 3. The van der Waals surface area contributed by atoms with E-state index in [1.807, 2.05) is 48.5 Å². The Hall–Kier alpha value is -2.09. The van der Waals surface area contributed by atoms with Crippen molar-refractivity contribution in [2.45, 2.75) is 47.3 Å². The van der Waals surface area contributed by atoms with Crippen molar-refractivity contribution in [3.8, 4) is 0 Å². The molecular weight excluding hydrogens is 427 g/mol. The summed E-state index contributed by atoms with van der Waals surface area (Å²) in [5.74, 6) is 0. The maximum atomic E-state index is 6.13. The smallest absolute Gasteiger partial charge is 0.171 e. The molecule has 3 rings (SSSR count). The fourth-order valence-corrected chi connectivity index (χ4v) is 3.57. The summed E-state index contributed by atoms with van der Waals surface area (Å²) >= 11 is 17.6. The van der Waals surface area contributed by atoms with Gasteiger partial charge in [-0.1, -0.05) is 29.3 Å². The van der Waals surface area contributed by atoms with Crippen molar-refractivity contribution in [2.75, 3.05) is 5.32 Å². The van der Waals surface area contributed by atoms with Crippen molar-refractivity contribution in [3.05, 3.63) is 62.6 Å². The zero-order valence-corrected chi connectivity index (χ0v) is 19.2. The molecule has 29 heavy (non-hydrogen) atoms. The number of benzene rings is 1. The highest BCUT2D eigenvalue weighted by Gasteiger charge is 2.14. The third-order valence-corrected chi connectivity index (χ3v) is 5.73. The van der Waals surface area contributed by atoms with Crippen LogP contribution in [0.2, 0.25) is 10.0 Å². The number of rotatable bonds is 6. The van der Waals surface area contributed by atoms with Crippen molar-refractivity contribution >= 4 is 46.2 Å². The van der Waals surface area contributed by atoms with E-state index in [2.05, 4.69) is 27.8 Å². The lowest BCUT2D eigenvalue weighted by Crippen LogP contribution is -2.28. The van der Waals surface area contributed by atoms with Gasteiger partial charge in [-0.05, 0) is 57.6 Å². The zero-order valence-electron chi connectivity index (χ0n) is 16.9.